The van der Waals surface area contributed by atoms with E-state index in [-0.39, 0.29) is 12.0 Å². The number of hydrogen-bond acceptors (Lipinski definition) is 3. The van der Waals surface area contributed by atoms with Crippen LogP contribution in [0, 0.1) is 0 Å². The van der Waals surface area contributed by atoms with Gasteiger partial charge in [0.05, 0.1) is 12.2 Å². The second-order valence-corrected chi connectivity index (χ2v) is 6.28. The van der Waals surface area contributed by atoms with Crippen molar-refractivity contribution < 1.29 is 9.53 Å². The van der Waals surface area contributed by atoms with Crippen LogP contribution < -0.4 is 9.64 Å². The van der Waals surface area contributed by atoms with E-state index in [0.717, 1.165) is 17.3 Å². The van der Waals surface area contributed by atoms with Crippen molar-refractivity contribution >= 4 is 11.6 Å². The molecule has 5 heteroatoms. The quantitative estimate of drug-likeness (QED) is 0.871. The van der Waals surface area contributed by atoms with Crippen molar-refractivity contribution in [3.63, 3.8) is 0 Å². The van der Waals surface area contributed by atoms with Crippen LogP contribution in [0.4, 0.5) is 5.69 Å². The molecule has 0 unspecified atom stereocenters. The first kappa shape index (κ1) is 15.6. The number of anilines is 1. The summed E-state index contributed by atoms with van der Waals surface area (Å²) in [7, 11) is 0. The number of benzene rings is 1. The maximum Gasteiger partial charge on any atom is 0.229 e. The summed E-state index contributed by atoms with van der Waals surface area (Å²) in [6.07, 6.45) is 4.20. The molecule has 2 heterocycles. The molecule has 122 valence electrons. The summed E-state index contributed by atoms with van der Waals surface area (Å²) in [4.78, 5) is 18.9. The monoisotopic (exact) mass is 313 g/mol. The van der Waals surface area contributed by atoms with Crippen LogP contribution in [-0.4, -0.2) is 28.1 Å². The molecule has 1 aliphatic rings. The molecule has 0 bridgehead atoms. The van der Waals surface area contributed by atoms with Gasteiger partial charge in [-0.05, 0) is 19.1 Å². The summed E-state index contributed by atoms with van der Waals surface area (Å²) >= 11 is 0. The van der Waals surface area contributed by atoms with Crippen LogP contribution in [0.1, 0.15) is 38.9 Å². The summed E-state index contributed by atoms with van der Waals surface area (Å²) in [6.45, 7) is 7.46. The Morgan fingerprint density at radius 1 is 1.39 bits per heavy atom. The van der Waals surface area contributed by atoms with Gasteiger partial charge in [-0.2, -0.15) is 0 Å². The van der Waals surface area contributed by atoms with Crippen LogP contribution in [0.5, 0.6) is 5.75 Å². The lowest BCUT2D eigenvalue weighted by molar-refractivity contribution is -0.119. The molecule has 0 saturated carbocycles. The topological polar surface area (TPSA) is 47.4 Å². The number of carbonyl (C=O) groups is 1. The highest BCUT2D eigenvalue weighted by Gasteiger charge is 2.27. The smallest absolute Gasteiger partial charge is 0.229 e. The molecule has 0 aliphatic carbocycles. The van der Waals surface area contributed by atoms with Crippen molar-refractivity contribution in [2.75, 3.05) is 11.4 Å². The molecule has 5 nitrogen and oxygen atoms in total. The Morgan fingerprint density at radius 3 is 2.96 bits per heavy atom. The predicted octanol–water partition coefficient (Wildman–Crippen LogP) is 3.21. The number of aryl methyl sites for hydroxylation is 1. The van der Waals surface area contributed by atoms with E-state index in [9.17, 15) is 4.79 Å². The lowest BCUT2D eigenvalue weighted by Gasteiger charge is -2.33. The van der Waals surface area contributed by atoms with Gasteiger partial charge in [0.15, 0.2) is 0 Å². The maximum absolute atomic E-state index is 12.7. The Hall–Kier alpha value is -2.30. The number of imidazole rings is 1. The number of amides is 1. The van der Waals surface area contributed by atoms with Gasteiger partial charge in [-0.1, -0.05) is 26.0 Å². The molecule has 0 spiro atoms. The Kier molecular flexibility index (Phi) is 4.37. The third-order valence-electron chi connectivity index (χ3n) is 4.06. The second kappa shape index (κ2) is 6.44. The third-order valence-corrected chi connectivity index (χ3v) is 4.06. The zero-order valence-corrected chi connectivity index (χ0v) is 13.9. The van der Waals surface area contributed by atoms with E-state index in [1.165, 1.54) is 0 Å². The molecule has 1 aromatic heterocycles. The molecule has 1 aromatic carbocycles. The molecular formula is C18H23N3O2. The Labute approximate surface area is 136 Å². The van der Waals surface area contributed by atoms with Gasteiger partial charge < -0.3 is 14.2 Å². The zero-order valence-electron chi connectivity index (χ0n) is 13.9. The standard InChI is InChI=1S/C18H23N3O2/c1-13(2)18-19-9-11-20(18)10-8-17(22)21-12-14(3)23-16-7-5-4-6-15(16)21/h4-7,9,11,13-14H,8,10,12H2,1-3H3/t14-/m0/s1. The highest BCUT2D eigenvalue weighted by molar-refractivity contribution is 5.95. The van der Waals surface area contributed by atoms with E-state index in [1.54, 1.807) is 6.20 Å². The van der Waals surface area contributed by atoms with Gasteiger partial charge in [0.1, 0.15) is 17.7 Å². The lowest BCUT2D eigenvalue weighted by atomic mass is 10.1. The molecule has 0 saturated heterocycles. The first-order chi connectivity index (χ1) is 11.1. The fourth-order valence-corrected chi connectivity index (χ4v) is 2.99. The van der Waals surface area contributed by atoms with Crippen LogP contribution in [0.2, 0.25) is 0 Å². The zero-order chi connectivity index (χ0) is 16.4. The number of aromatic nitrogens is 2. The first-order valence-corrected chi connectivity index (χ1v) is 8.13. The Morgan fingerprint density at radius 2 is 2.17 bits per heavy atom. The van der Waals surface area contributed by atoms with Crippen molar-refractivity contribution in [2.24, 2.45) is 0 Å². The summed E-state index contributed by atoms with van der Waals surface area (Å²) in [5.41, 5.74) is 0.866. The van der Waals surface area contributed by atoms with E-state index in [2.05, 4.69) is 23.4 Å². The van der Waals surface area contributed by atoms with Crippen molar-refractivity contribution in [3.05, 3.63) is 42.5 Å². The highest BCUT2D eigenvalue weighted by atomic mass is 16.5. The van der Waals surface area contributed by atoms with Gasteiger partial charge in [-0.15, -0.1) is 0 Å². The molecule has 0 N–H and O–H groups in total. The molecule has 2 aromatic rings. The number of fused-ring (bicyclic) bond motifs is 1. The Balaban J connectivity index is 1.72. The average molecular weight is 313 g/mol. The number of rotatable bonds is 4. The van der Waals surface area contributed by atoms with Crippen molar-refractivity contribution in [2.45, 2.75) is 45.8 Å². The van der Waals surface area contributed by atoms with Gasteiger partial charge in [0.2, 0.25) is 5.91 Å². The number of ether oxygens (including phenoxy) is 1. The minimum Gasteiger partial charge on any atom is -0.487 e. The first-order valence-electron chi connectivity index (χ1n) is 8.13. The summed E-state index contributed by atoms with van der Waals surface area (Å²) in [6, 6.07) is 7.72. The highest BCUT2D eigenvalue weighted by Crippen LogP contribution is 2.33. The summed E-state index contributed by atoms with van der Waals surface area (Å²) < 4.78 is 7.87. The van der Waals surface area contributed by atoms with Crippen LogP contribution in [0.25, 0.3) is 0 Å². The average Bonchev–Trinajstić information content (AvgIpc) is 3.00. The van der Waals surface area contributed by atoms with E-state index < -0.39 is 0 Å². The molecule has 1 atom stereocenters. The SMILES string of the molecule is CC(C)c1nccn1CCC(=O)N1C[C@H](C)Oc2ccccc21. The van der Waals surface area contributed by atoms with Crippen LogP contribution in [0.15, 0.2) is 36.7 Å². The number of hydrogen-bond donors (Lipinski definition) is 0. The molecule has 1 aliphatic heterocycles. The molecule has 0 radical (unpaired) electrons. The number of para-hydroxylation sites is 2. The second-order valence-electron chi connectivity index (χ2n) is 6.28. The van der Waals surface area contributed by atoms with Crippen LogP contribution in [-0.2, 0) is 11.3 Å². The van der Waals surface area contributed by atoms with Gasteiger partial charge in [0.25, 0.3) is 0 Å². The predicted molar refractivity (Wildman–Crippen MR) is 89.8 cm³/mol. The van der Waals surface area contributed by atoms with Crippen molar-refractivity contribution in [3.8, 4) is 5.75 Å². The molecule has 3 rings (SSSR count). The van der Waals surface area contributed by atoms with E-state index >= 15 is 0 Å². The van der Waals surface area contributed by atoms with Gasteiger partial charge in [0, 0.05) is 31.3 Å². The molecular weight excluding hydrogens is 290 g/mol. The van der Waals surface area contributed by atoms with E-state index in [0.29, 0.717) is 25.4 Å². The maximum atomic E-state index is 12.7. The van der Waals surface area contributed by atoms with Gasteiger partial charge >= 0.3 is 0 Å². The molecule has 23 heavy (non-hydrogen) atoms. The van der Waals surface area contributed by atoms with Gasteiger partial charge in [-0.3, -0.25) is 4.79 Å². The minimum absolute atomic E-state index is 0.00770. The summed E-state index contributed by atoms with van der Waals surface area (Å²) in [5.74, 6) is 2.28. The Bertz CT molecular complexity index is 693. The molecule has 0 fully saturated rings. The normalized spacial score (nSPS) is 17.0. The third kappa shape index (κ3) is 3.23. The van der Waals surface area contributed by atoms with Crippen LogP contribution in [0.3, 0.4) is 0 Å². The van der Waals surface area contributed by atoms with Crippen molar-refractivity contribution in [1.29, 1.82) is 0 Å². The fraction of sp³-hybridized carbons (Fsp3) is 0.444. The van der Waals surface area contributed by atoms with Crippen LogP contribution >= 0.6 is 0 Å². The minimum atomic E-state index is 0.00770. The largest absolute Gasteiger partial charge is 0.487 e. The van der Waals surface area contributed by atoms with Crippen molar-refractivity contribution in [1.82, 2.24) is 9.55 Å². The lowest BCUT2D eigenvalue weighted by Crippen LogP contribution is -2.42. The fourth-order valence-electron chi connectivity index (χ4n) is 2.99. The summed E-state index contributed by atoms with van der Waals surface area (Å²) in [5, 5.41) is 0. The number of carbonyl (C=O) groups excluding carboxylic acids is 1. The number of nitrogens with zero attached hydrogens (tertiary/aromatic N) is 3. The van der Waals surface area contributed by atoms with Gasteiger partial charge in [-0.25, -0.2) is 4.98 Å². The molecule has 1 amide bonds. The van der Waals surface area contributed by atoms with E-state index in [4.69, 9.17) is 4.74 Å². The van der Waals surface area contributed by atoms with E-state index in [1.807, 2.05) is 42.3 Å².